The third kappa shape index (κ3) is 4.38. The minimum Gasteiger partial charge on any atom is -0.384 e. The minimum absolute atomic E-state index is 0.169. The lowest BCUT2D eigenvalue weighted by Crippen LogP contribution is -2.27. The predicted molar refractivity (Wildman–Crippen MR) is 122 cm³/mol. The van der Waals surface area contributed by atoms with Crippen molar-refractivity contribution < 1.29 is 4.79 Å². The van der Waals surface area contributed by atoms with Crippen LogP contribution in [0.1, 0.15) is 38.6 Å². The molecule has 0 unspecified atom stereocenters. The molecule has 3 aromatic heterocycles. The molecule has 0 fully saturated rings. The van der Waals surface area contributed by atoms with Crippen LogP contribution in [0.5, 0.6) is 0 Å². The largest absolute Gasteiger partial charge is 0.384 e. The molecule has 0 bridgehead atoms. The van der Waals surface area contributed by atoms with Crippen molar-refractivity contribution in [1.82, 2.24) is 25.1 Å². The average Bonchev–Trinajstić information content (AvgIpc) is 3.15. The number of nitriles is 1. The van der Waals surface area contributed by atoms with Crippen LogP contribution in [0.25, 0.3) is 10.9 Å². The van der Waals surface area contributed by atoms with Crippen LogP contribution >= 0.6 is 11.6 Å². The number of carbonyl (C=O) groups excluding carboxylic acids is 1. The quantitative estimate of drug-likeness (QED) is 0.484. The van der Waals surface area contributed by atoms with E-state index in [4.69, 9.17) is 17.3 Å². The lowest BCUT2D eigenvalue weighted by Gasteiger charge is -2.12. The molecule has 32 heavy (non-hydrogen) atoms. The number of rotatable bonds is 5. The third-order valence-electron chi connectivity index (χ3n) is 5.17. The zero-order valence-electron chi connectivity index (χ0n) is 17.6. The van der Waals surface area contributed by atoms with Crippen LogP contribution in [0.3, 0.4) is 0 Å². The molecule has 8 nitrogen and oxygen atoms in total. The number of nitrogens with zero attached hydrogens (tertiary/aromatic N) is 5. The van der Waals surface area contributed by atoms with E-state index in [1.165, 1.54) is 10.7 Å². The van der Waals surface area contributed by atoms with Crippen LogP contribution in [0.4, 0.5) is 5.82 Å². The number of benzene rings is 1. The van der Waals surface area contributed by atoms with Crippen molar-refractivity contribution in [3.8, 4) is 6.07 Å². The van der Waals surface area contributed by atoms with E-state index in [0.717, 1.165) is 33.3 Å². The van der Waals surface area contributed by atoms with Crippen molar-refractivity contribution in [2.45, 2.75) is 26.9 Å². The summed E-state index contributed by atoms with van der Waals surface area (Å²) >= 11 is 6.06. The molecule has 9 heteroatoms. The van der Waals surface area contributed by atoms with Gasteiger partial charge in [-0.2, -0.15) is 10.4 Å². The number of carbonyl (C=O) groups is 1. The molecular weight excluding hydrogens is 426 g/mol. The maximum Gasteiger partial charge on any atom is 0.269 e. The summed E-state index contributed by atoms with van der Waals surface area (Å²) in [6.45, 7) is 4.38. The van der Waals surface area contributed by atoms with Crippen LogP contribution in [0.2, 0.25) is 5.02 Å². The van der Waals surface area contributed by atoms with Crippen molar-refractivity contribution in [3.63, 3.8) is 0 Å². The molecule has 4 rings (SSSR count). The summed E-state index contributed by atoms with van der Waals surface area (Å²) < 4.78 is 1.52. The summed E-state index contributed by atoms with van der Waals surface area (Å²) in [7, 11) is 0. The van der Waals surface area contributed by atoms with Crippen LogP contribution in [-0.4, -0.2) is 25.7 Å². The van der Waals surface area contributed by atoms with Crippen LogP contribution < -0.4 is 11.1 Å². The molecule has 0 aliphatic rings. The number of halogens is 1. The van der Waals surface area contributed by atoms with Gasteiger partial charge in [0.15, 0.2) is 5.69 Å². The van der Waals surface area contributed by atoms with Crippen molar-refractivity contribution in [3.05, 3.63) is 81.4 Å². The molecule has 3 heterocycles. The van der Waals surface area contributed by atoms with Gasteiger partial charge in [-0.15, -0.1) is 0 Å². The summed E-state index contributed by atoms with van der Waals surface area (Å²) in [4.78, 5) is 21.5. The molecule has 0 saturated carbocycles. The first-order valence-corrected chi connectivity index (χ1v) is 10.2. The van der Waals surface area contributed by atoms with Gasteiger partial charge in [-0.05, 0) is 54.8 Å². The monoisotopic (exact) mass is 445 g/mol. The van der Waals surface area contributed by atoms with Gasteiger partial charge in [-0.25, -0.2) is 4.98 Å². The Hall–Kier alpha value is -3.96. The Labute approximate surface area is 189 Å². The third-order valence-corrected chi connectivity index (χ3v) is 5.38. The van der Waals surface area contributed by atoms with Gasteiger partial charge in [0.1, 0.15) is 17.6 Å². The SMILES string of the molecule is Cc1cc(N)nc(C)c1CNC(=O)c1cc(C#N)nn1Cc1ccc2ncc(Cl)cc2c1. The summed E-state index contributed by atoms with van der Waals surface area (Å²) in [5.41, 5.74) is 10.6. The van der Waals surface area contributed by atoms with Gasteiger partial charge in [0.25, 0.3) is 5.91 Å². The lowest BCUT2D eigenvalue weighted by molar-refractivity contribution is 0.0940. The van der Waals surface area contributed by atoms with E-state index in [2.05, 4.69) is 20.4 Å². The summed E-state index contributed by atoms with van der Waals surface area (Å²) in [5, 5.41) is 17.9. The second-order valence-electron chi connectivity index (χ2n) is 7.48. The van der Waals surface area contributed by atoms with Gasteiger partial charge in [0, 0.05) is 29.9 Å². The highest BCUT2D eigenvalue weighted by atomic mass is 35.5. The van der Waals surface area contributed by atoms with Gasteiger partial charge in [0.2, 0.25) is 0 Å². The fourth-order valence-corrected chi connectivity index (χ4v) is 3.78. The first-order valence-electron chi connectivity index (χ1n) is 9.87. The zero-order chi connectivity index (χ0) is 22.8. The molecule has 4 aromatic rings. The molecule has 160 valence electrons. The maximum absolute atomic E-state index is 13.0. The number of nitrogens with two attached hydrogens (primary N) is 1. The van der Waals surface area contributed by atoms with E-state index < -0.39 is 0 Å². The second kappa shape index (κ2) is 8.65. The normalized spacial score (nSPS) is 10.8. The number of hydrogen-bond donors (Lipinski definition) is 2. The number of hydrogen-bond acceptors (Lipinski definition) is 6. The number of nitrogens with one attached hydrogen (secondary N) is 1. The van der Waals surface area contributed by atoms with E-state index >= 15 is 0 Å². The van der Waals surface area contributed by atoms with Crippen LogP contribution in [0, 0.1) is 25.2 Å². The first kappa shape index (κ1) is 21.3. The zero-order valence-corrected chi connectivity index (χ0v) is 18.3. The molecule has 0 radical (unpaired) electrons. The molecule has 1 aromatic carbocycles. The number of anilines is 1. The average molecular weight is 446 g/mol. The number of aromatic nitrogens is 4. The highest BCUT2D eigenvalue weighted by Gasteiger charge is 2.17. The van der Waals surface area contributed by atoms with Gasteiger partial charge in [0.05, 0.1) is 17.1 Å². The Bertz CT molecular complexity index is 1360. The summed E-state index contributed by atoms with van der Waals surface area (Å²) in [6.07, 6.45) is 1.60. The first-order chi connectivity index (χ1) is 15.3. The molecule has 3 N–H and O–H groups in total. The van der Waals surface area contributed by atoms with Crippen molar-refractivity contribution >= 4 is 34.2 Å². The van der Waals surface area contributed by atoms with E-state index in [0.29, 0.717) is 23.1 Å². The molecule has 0 atom stereocenters. The fraction of sp³-hybridized carbons (Fsp3) is 0.174. The predicted octanol–water partition coefficient (Wildman–Crippen LogP) is 3.53. The van der Waals surface area contributed by atoms with E-state index in [-0.39, 0.29) is 18.1 Å². The molecule has 0 aliphatic heterocycles. The summed E-state index contributed by atoms with van der Waals surface area (Å²) in [6, 6.07) is 12.8. The van der Waals surface area contributed by atoms with Gasteiger partial charge in [-0.1, -0.05) is 17.7 Å². The minimum atomic E-state index is -0.333. The standard InChI is InChI=1S/C23H20ClN7O/c1-13-5-22(26)29-14(2)19(13)11-28-23(32)21-8-18(9-25)30-31(21)12-15-3-4-20-16(6-15)7-17(24)10-27-20/h3-8,10H,11-12H2,1-2H3,(H2,26,29)(H,28,32). The number of aryl methyl sites for hydroxylation is 2. The Balaban J connectivity index is 1.58. The highest BCUT2D eigenvalue weighted by Crippen LogP contribution is 2.20. The number of pyridine rings is 2. The molecule has 1 amide bonds. The maximum atomic E-state index is 13.0. The number of amides is 1. The molecular formula is C23H20ClN7O. The second-order valence-corrected chi connectivity index (χ2v) is 7.91. The molecule has 0 saturated heterocycles. The Kier molecular flexibility index (Phi) is 5.75. The topological polar surface area (TPSA) is 123 Å². The molecule has 0 spiro atoms. The Morgan fingerprint density at radius 1 is 1.25 bits per heavy atom. The van der Waals surface area contributed by atoms with Crippen LogP contribution in [0.15, 0.2) is 42.6 Å². The van der Waals surface area contributed by atoms with Gasteiger partial charge in [-0.3, -0.25) is 14.5 Å². The molecule has 0 aliphatic carbocycles. The van der Waals surface area contributed by atoms with Crippen molar-refractivity contribution in [1.29, 1.82) is 5.26 Å². The van der Waals surface area contributed by atoms with E-state index in [9.17, 15) is 10.1 Å². The lowest BCUT2D eigenvalue weighted by atomic mass is 10.1. The van der Waals surface area contributed by atoms with Crippen molar-refractivity contribution in [2.75, 3.05) is 5.73 Å². The number of nitrogen functional groups attached to an aromatic ring is 1. The Morgan fingerprint density at radius 2 is 2.06 bits per heavy atom. The van der Waals surface area contributed by atoms with E-state index in [1.807, 2.05) is 44.2 Å². The van der Waals surface area contributed by atoms with Crippen LogP contribution in [-0.2, 0) is 13.1 Å². The highest BCUT2D eigenvalue weighted by molar-refractivity contribution is 6.31. The summed E-state index contributed by atoms with van der Waals surface area (Å²) in [5.74, 6) is 0.110. The van der Waals surface area contributed by atoms with Crippen molar-refractivity contribution in [2.24, 2.45) is 0 Å². The smallest absolute Gasteiger partial charge is 0.269 e. The van der Waals surface area contributed by atoms with Gasteiger partial charge < -0.3 is 11.1 Å². The fourth-order valence-electron chi connectivity index (χ4n) is 3.61. The number of fused-ring (bicyclic) bond motifs is 1. The Morgan fingerprint density at radius 3 is 2.81 bits per heavy atom. The van der Waals surface area contributed by atoms with Gasteiger partial charge >= 0.3 is 0 Å². The van der Waals surface area contributed by atoms with E-state index in [1.54, 1.807) is 12.3 Å².